The van der Waals surface area contributed by atoms with Crippen LogP contribution in [0.25, 0.3) is 0 Å². The van der Waals surface area contributed by atoms with Crippen molar-refractivity contribution in [1.29, 1.82) is 0 Å². The smallest absolute Gasteiger partial charge is 0.199 e. The van der Waals surface area contributed by atoms with Gasteiger partial charge in [-0.25, -0.2) is 9.67 Å². The predicted octanol–water partition coefficient (Wildman–Crippen LogP) is 4.91. The number of halogens is 1. The topological polar surface area (TPSA) is 47.8 Å². The first-order valence-electron chi connectivity index (χ1n) is 8.90. The Labute approximate surface area is 168 Å². The molecule has 1 heterocycles. The van der Waals surface area contributed by atoms with E-state index in [0.717, 1.165) is 16.7 Å². The summed E-state index contributed by atoms with van der Waals surface area (Å²) in [6.07, 6.45) is 3.02. The van der Waals surface area contributed by atoms with Crippen LogP contribution in [0.15, 0.2) is 91.5 Å². The number of carbonyl (C=O) groups is 1. The van der Waals surface area contributed by atoms with Crippen LogP contribution in [0.1, 0.15) is 27.0 Å². The van der Waals surface area contributed by atoms with Gasteiger partial charge >= 0.3 is 0 Å². The minimum atomic E-state index is -1.20. The summed E-state index contributed by atoms with van der Waals surface area (Å²) >= 11 is 6.13. The standard InChI is InChI=1S/C23H18ClN3O/c1-17-6-5-7-18(14-17)22(28)23(27-16-25-15-26-27,19-8-3-2-4-9-19)20-10-12-21(24)13-11-20/h2-16H,1H3. The lowest BCUT2D eigenvalue weighted by atomic mass is 9.77. The fraction of sp³-hybridized carbons (Fsp3) is 0.0870. The molecule has 1 unspecified atom stereocenters. The Morgan fingerprint density at radius 2 is 1.64 bits per heavy atom. The molecular formula is C23H18ClN3O. The molecule has 0 spiro atoms. The second-order valence-corrected chi connectivity index (χ2v) is 7.06. The Kier molecular flexibility index (Phi) is 4.80. The van der Waals surface area contributed by atoms with Crippen LogP contribution in [-0.2, 0) is 5.54 Å². The molecule has 0 saturated carbocycles. The molecule has 0 fully saturated rings. The highest BCUT2D eigenvalue weighted by atomic mass is 35.5. The fourth-order valence-corrected chi connectivity index (χ4v) is 3.67. The van der Waals surface area contributed by atoms with E-state index in [1.807, 2.05) is 73.7 Å². The number of Topliss-reactive ketones (excluding diaryl/α,β-unsaturated/α-hetero) is 1. The van der Waals surface area contributed by atoms with Gasteiger partial charge in [-0.05, 0) is 36.2 Å². The molecule has 0 aliphatic rings. The van der Waals surface area contributed by atoms with E-state index < -0.39 is 5.54 Å². The highest BCUT2D eigenvalue weighted by Gasteiger charge is 2.45. The van der Waals surface area contributed by atoms with Gasteiger partial charge in [-0.3, -0.25) is 4.79 Å². The van der Waals surface area contributed by atoms with Crippen LogP contribution >= 0.6 is 11.6 Å². The van der Waals surface area contributed by atoms with Crippen molar-refractivity contribution in [2.75, 3.05) is 0 Å². The third kappa shape index (κ3) is 3.02. The van der Waals surface area contributed by atoms with Gasteiger partial charge in [0.15, 0.2) is 11.3 Å². The van der Waals surface area contributed by atoms with Gasteiger partial charge in [0.05, 0.1) is 0 Å². The summed E-state index contributed by atoms with van der Waals surface area (Å²) in [5, 5.41) is 4.99. The van der Waals surface area contributed by atoms with Crippen LogP contribution < -0.4 is 0 Å². The van der Waals surface area contributed by atoms with Crippen LogP contribution in [0.2, 0.25) is 5.02 Å². The fourth-order valence-electron chi connectivity index (χ4n) is 3.54. The maximum atomic E-state index is 14.1. The zero-order valence-corrected chi connectivity index (χ0v) is 16.0. The molecule has 1 aromatic heterocycles. The molecular weight excluding hydrogens is 370 g/mol. The van der Waals surface area contributed by atoms with Crippen LogP contribution in [0.5, 0.6) is 0 Å². The molecule has 0 bridgehead atoms. The van der Waals surface area contributed by atoms with E-state index >= 15 is 0 Å². The van der Waals surface area contributed by atoms with Gasteiger partial charge in [-0.15, -0.1) is 0 Å². The summed E-state index contributed by atoms with van der Waals surface area (Å²) < 4.78 is 1.62. The van der Waals surface area contributed by atoms with Gasteiger partial charge in [0, 0.05) is 10.6 Å². The average Bonchev–Trinajstić information content (AvgIpc) is 3.26. The van der Waals surface area contributed by atoms with E-state index in [2.05, 4.69) is 10.1 Å². The molecule has 5 heteroatoms. The Morgan fingerprint density at radius 3 is 2.29 bits per heavy atom. The molecule has 0 aliphatic carbocycles. The summed E-state index contributed by atoms with van der Waals surface area (Å²) in [4.78, 5) is 18.2. The molecule has 3 aromatic carbocycles. The van der Waals surface area contributed by atoms with Crippen LogP contribution in [-0.4, -0.2) is 20.5 Å². The molecule has 0 aliphatic heterocycles. The van der Waals surface area contributed by atoms with E-state index in [1.165, 1.54) is 6.33 Å². The first kappa shape index (κ1) is 18.1. The first-order valence-corrected chi connectivity index (χ1v) is 9.28. The summed E-state index contributed by atoms with van der Waals surface area (Å²) in [5.74, 6) is -0.0878. The van der Waals surface area contributed by atoms with Crippen molar-refractivity contribution < 1.29 is 4.79 Å². The van der Waals surface area contributed by atoms with Crippen molar-refractivity contribution in [2.45, 2.75) is 12.5 Å². The van der Waals surface area contributed by atoms with Crippen LogP contribution in [0.4, 0.5) is 0 Å². The van der Waals surface area contributed by atoms with E-state index in [9.17, 15) is 4.79 Å². The molecule has 4 aromatic rings. The molecule has 0 radical (unpaired) electrons. The number of ketones is 1. The summed E-state index contributed by atoms with van der Waals surface area (Å²) in [5.41, 5.74) is 1.99. The lowest BCUT2D eigenvalue weighted by molar-refractivity contribution is 0.0878. The second kappa shape index (κ2) is 7.41. The maximum absolute atomic E-state index is 14.1. The summed E-state index contributed by atoms with van der Waals surface area (Å²) in [6, 6.07) is 24.5. The van der Waals surface area contributed by atoms with E-state index in [1.54, 1.807) is 23.1 Å². The lowest BCUT2D eigenvalue weighted by Gasteiger charge is -2.33. The van der Waals surface area contributed by atoms with Crippen molar-refractivity contribution in [3.8, 4) is 0 Å². The minimum absolute atomic E-state index is 0.0878. The maximum Gasteiger partial charge on any atom is 0.199 e. The summed E-state index contributed by atoms with van der Waals surface area (Å²) in [7, 11) is 0. The van der Waals surface area contributed by atoms with Gasteiger partial charge in [0.1, 0.15) is 12.7 Å². The van der Waals surface area contributed by atoms with Crippen molar-refractivity contribution >= 4 is 17.4 Å². The first-order chi connectivity index (χ1) is 13.6. The Morgan fingerprint density at radius 1 is 0.929 bits per heavy atom. The molecule has 0 saturated heterocycles. The number of rotatable bonds is 5. The number of aryl methyl sites for hydroxylation is 1. The zero-order valence-electron chi connectivity index (χ0n) is 15.3. The molecule has 28 heavy (non-hydrogen) atoms. The molecule has 0 amide bonds. The van der Waals surface area contributed by atoms with Crippen molar-refractivity contribution in [3.05, 3.63) is 119 Å². The number of carbonyl (C=O) groups excluding carboxylic acids is 1. The third-order valence-corrected chi connectivity index (χ3v) is 5.08. The van der Waals surface area contributed by atoms with Crippen LogP contribution in [0, 0.1) is 6.92 Å². The number of hydrogen-bond donors (Lipinski definition) is 0. The lowest BCUT2D eigenvalue weighted by Crippen LogP contribution is -2.44. The monoisotopic (exact) mass is 387 g/mol. The number of aromatic nitrogens is 3. The largest absolute Gasteiger partial charge is 0.291 e. The third-order valence-electron chi connectivity index (χ3n) is 4.82. The molecule has 0 N–H and O–H groups in total. The van der Waals surface area contributed by atoms with E-state index in [-0.39, 0.29) is 5.78 Å². The van der Waals surface area contributed by atoms with E-state index in [4.69, 9.17) is 11.6 Å². The molecule has 138 valence electrons. The second-order valence-electron chi connectivity index (χ2n) is 6.62. The van der Waals surface area contributed by atoms with Crippen molar-refractivity contribution in [2.24, 2.45) is 0 Å². The van der Waals surface area contributed by atoms with Gasteiger partial charge in [-0.1, -0.05) is 77.8 Å². The average molecular weight is 388 g/mol. The van der Waals surface area contributed by atoms with Gasteiger partial charge in [0.25, 0.3) is 0 Å². The predicted molar refractivity (Wildman–Crippen MR) is 110 cm³/mol. The van der Waals surface area contributed by atoms with Gasteiger partial charge < -0.3 is 0 Å². The number of benzene rings is 3. The summed E-state index contributed by atoms with van der Waals surface area (Å²) in [6.45, 7) is 1.97. The zero-order chi connectivity index (χ0) is 19.6. The highest BCUT2D eigenvalue weighted by molar-refractivity contribution is 6.30. The Balaban J connectivity index is 2.06. The number of hydrogen-bond acceptors (Lipinski definition) is 3. The molecule has 1 atom stereocenters. The van der Waals surface area contributed by atoms with E-state index in [0.29, 0.717) is 10.6 Å². The quantitative estimate of drug-likeness (QED) is 0.457. The highest BCUT2D eigenvalue weighted by Crippen LogP contribution is 2.37. The Bertz CT molecular complexity index is 1090. The number of nitrogens with zero attached hydrogens (tertiary/aromatic N) is 3. The van der Waals surface area contributed by atoms with Gasteiger partial charge in [-0.2, -0.15) is 5.10 Å². The van der Waals surface area contributed by atoms with Crippen LogP contribution in [0.3, 0.4) is 0 Å². The molecule has 4 rings (SSSR count). The normalized spacial score (nSPS) is 13.1. The van der Waals surface area contributed by atoms with Crippen molar-refractivity contribution in [3.63, 3.8) is 0 Å². The Hall–Kier alpha value is -3.24. The van der Waals surface area contributed by atoms with Crippen molar-refractivity contribution in [1.82, 2.24) is 14.8 Å². The minimum Gasteiger partial charge on any atom is -0.291 e. The van der Waals surface area contributed by atoms with Gasteiger partial charge in [0.2, 0.25) is 0 Å². The SMILES string of the molecule is Cc1cccc(C(=O)C(c2ccccc2)(c2ccc(Cl)cc2)n2cncn2)c1. The molecule has 4 nitrogen and oxygen atoms in total.